The van der Waals surface area contributed by atoms with Gasteiger partial charge in [0, 0.05) is 10.5 Å². The van der Waals surface area contributed by atoms with Crippen LogP contribution < -0.4 is 5.73 Å². The third-order valence-corrected chi connectivity index (χ3v) is 4.50. The van der Waals surface area contributed by atoms with Crippen LogP contribution in [0.15, 0.2) is 28.7 Å². The topological polar surface area (TPSA) is 26.0 Å². The summed E-state index contributed by atoms with van der Waals surface area (Å²) in [7, 11) is 0. The van der Waals surface area contributed by atoms with Crippen molar-refractivity contribution in [2.45, 2.75) is 32.2 Å². The molecule has 1 fully saturated rings. The Morgan fingerprint density at radius 1 is 1.33 bits per heavy atom. The first kappa shape index (κ1) is 11.2. The van der Waals surface area contributed by atoms with Crippen LogP contribution in [0, 0.1) is 11.8 Å². The minimum atomic E-state index is 0.414. The third-order valence-electron chi connectivity index (χ3n) is 3.73. The van der Waals surface area contributed by atoms with Gasteiger partial charge in [-0.2, -0.15) is 0 Å². The summed E-state index contributed by atoms with van der Waals surface area (Å²) in [6, 6.07) is 8.92. The van der Waals surface area contributed by atoms with Crippen molar-refractivity contribution in [3.63, 3.8) is 0 Å². The van der Waals surface area contributed by atoms with Gasteiger partial charge in [-0.15, -0.1) is 0 Å². The molecule has 0 saturated heterocycles. The first-order valence-electron chi connectivity index (χ1n) is 5.67. The maximum Gasteiger partial charge on any atom is 0.0207 e. The zero-order valence-corrected chi connectivity index (χ0v) is 10.7. The van der Waals surface area contributed by atoms with E-state index in [2.05, 4.69) is 47.1 Å². The molecular formula is C13H18BrN. The van der Waals surface area contributed by atoms with Gasteiger partial charge < -0.3 is 5.73 Å². The van der Waals surface area contributed by atoms with Gasteiger partial charge in [-0.05, 0) is 42.7 Å². The molecule has 0 amide bonds. The van der Waals surface area contributed by atoms with Crippen LogP contribution in [0.2, 0.25) is 0 Å². The van der Waals surface area contributed by atoms with Gasteiger partial charge in [0.15, 0.2) is 0 Å². The largest absolute Gasteiger partial charge is 0.327 e. The lowest BCUT2D eigenvalue weighted by atomic mass is 9.90. The van der Waals surface area contributed by atoms with Crippen molar-refractivity contribution in [1.82, 2.24) is 0 Å². The molecule has 0 spiro atoms. The molecule has 3 atom stereocenters. The molecule has 1 aliphatic rings. The molecule has 1 aromatic carbocycles. The molecule has 2 heteroatoms. The van der Waals surface area contributed by atoms with Crippen LogP contribution in [0.4, 0.5) is 0 Å². The van der Waals surface area contributed by atoms with Gasteiger partial charge in [-0.25, -0.2) is 0 Å². The maximum absolute atomic E-state index is 6.05. The summed E-state index contributed by atoms with van der Waals surface area (Å²) in [5, 5.41) is 0. The normalized spacial score (nSPS) is 30.7. The molecule has 0 aliphatic heterocycles. The van der Waals surface area contributed by atoms with Crippen molar-refractivity contribution in [2.75, 3.05) is 0 Å². The molecule has 0 radical (unpaired) electrons. The van der Waals surface area contributed by atoms with Crippen molar-refractivity contribution in [3.05, 3.63) is 34.3 Å². The molecule has 2 rings (SSSR count). The molecule has 0 bridgehead atoms. The van der Waals surface area contributed by atoms with Crippen molar-refractivity contribution in [1.29, 1.82) is 0 Å². The molecule has 82 valence electrons. The second-order valence-electron chi connectivity index (χ2n) is 4.66. The van der Waals surface area contributed by atoms with Crippen LogP contribution in [0.5, 0.6) is 0 Å². The van der Waals surface area contributed by atoms with Crippen LogP contribution in [-0.2, 0) is 6.42 Å². The SMILES string of the molecule is CC1C(N)CCC1Cc1ccccc1Br. The van der Waals surface area contributed by atoms with E-state index in [-0.39, 0.29) is 0 Å². The summed E-state index contributed by atoms with van der Waals surface area (Å²) in [6.45, 7) is 2.29. The van der Waals surface area contributed by atoms with Crippen LogP contribution in [0.3, 0.4) is 0 Å². The summed E-state index contributed by atoms with van der Waals surface area (Å²) in [6.07, 6.45) is 3.64. The fraction of sp³-hybridized carbons (Fsp3) is 0.538. The lowest BCUT2D eigenvalue weighted by Gasteiger charge is -2.18. The van der Waals surface area contributed by atoms with E-state index in [1.807, 2.05) is 0 Å². The fourth-order valence-corrected chi connectivity index (χ4v) is 2.96. The molecular weight excluding hydrogens is 250 g/mol. The van der Waals surface area contributed by atoms with Gasteiger partial charge >= 0.3 is 0 Å². The molecule has 1 nitrogen and oxygen atoms in total. The van der Waals surface area contributed by atoms with E-state index < -0.39 is 0 Å². The summed E-state index contributed by atoms with van der Waals surface area (Å²) >= 11 is 3.61. The van der Waals surface area contributed by atoms with E-state index >= 15 is 0 Å². The van der Waals surface area contributed by atoms with E-state index in [1.54, 1.807) is 0 Å². The van der Waals surface area contributed by atoms with Crippen molar-refractivity contribution in [3.8, 4) is 0 Å². The number of rotatable bonds is 2. The number of benzene rings is 1. The second-order valence-corrected chi connectivity index (χ2v) is 5.51. The molecule has 1 aromatic rings. The zero-order chi connectivity index (χ0) is 10.8. The maximum atomic E-state index is 6.05. The van der Waals surface area contributed by atoms with Crippen LogP contribution in [-0.4, -0.2) is 6.04 Å². The van der Waals surface area contributed by atoms with Crippen LogP contribution >= 0.6 is 15.9 Å². The lowest BCUT2D eigenvalue weighted by Crippen LogP contribution is -2.25. The molecule has 1 aliphatic carbocycles. The highest BCUT2D eigenvalue weighted by atomic mass is 79.9. The first-order valence-corrected chi connectivity index (χ1v) is 6.46. The average molecular weight is 268 g/mol. The number of halogens is 1. The van der Waals surface area contributed by atoms with Gasteiger partial charge in [-0.1, -0.05) is 41.1 Å². The molecule has 0 heterocycles. The van der Waals surface area contributed by atoms with Crippen molar-refractivity contribution < 1.29 is 0 Å². The van der Waals surface area contributed by atoms with E-state index in [4.69, 9.17) is 5.73 Å². The molecule has 1 saturated carbocycles. The predicted octanol–water partition coefficient (Wildman–Crippen LogP) is 3.37. The molecule has 2 N–H and O–H groups in total. The van der Waals surface area contributed by atoms with E-state index in [0.29, 0.717) is 12.0 Å². The third kappa shape index (κ3) is 2.43. The minimum Gasteiger partial charge on any atom is -0.327 e. The number of hydrogen-bond donors (Lipinski definition) is 1. The number of nitrogens with two attached hydrogens (primary N) is 1. The lowest BCUT2D eigenvalue weighted by molar-refractivity contribution is 0.390. The van der Waals surface area contributed by atoms with E-state index in [9.17, 15) is 0 Å². The Morgan fingerprint density at radius 2 is 2.07 bits per heavy atom. The minimum absolute atomic E-state index is 0.414. The fourth-order valence-electron chi connectivity index (χ4n) is 2.52. The van der Waals surface area contributed by atoms with Gasteiger partial charge in [0.25, 0.3) is 0 Å². The molecule has 3 unspecified atom stereocenters. The standard InChI is InChI=1S/C13H18BrN/c1-9-10(6-7-13(9)15)8-11-4-2-3-5-12(11)14/h2-5,9-10,13H,6-8,15H2,1H3. The Balaban J connectivity index is 2.07. The summed E-state index contributed by atoms with van der Waals surface area (Å²) in [4.78, 5) is 0. The molecule has 0 aromatic heterocycles. The second kappa shape index (κ2) is 4.67. The first-order chi connectivity index (χ1) is 7.18. The van der Waals surface area contributed by atoms with Gasteiger partial charge in [-0.3, -0.25) is 0 Å². The Hall–Kier alpha value is -0.340. The zero-order valence-electron chi connectivity index (χ0n) is 9.12. The van der Waals surface area contributed by atoms with E-state index in [0.717, 1.165) is 12.3 Å². The average Bonchev–Trinajstić information content (AvgIpc) is 2.53. The highest BCUT2D eigenvalue weighted by molar-refractivity contribution is 9.10. The smallest absolute Gasteiger partial charge is 0.0207 e. The quantitative estimate of drug-likeness (QED) is 0.874. The van der Waals surface area contributed by atoms with Crippen LogP contribution in [0.1, 0.15) is 25.3 Å². The van der Waals surface area contributed by atoms with Gasteiger partial charge in [0.1, 0.15) is 0 Å². The van der Waals surface area contributed by atoms with Gasteiger partial charge in [0.05, 0.1) is 0 Å². The summed E-state index contributed by atoms with van der Waals surface area (Å²) in [5.74, 6) is 1.43. The van der Waals surface area contributed by atoms with Crippen molar-refractivity contribution in [2.24, 2.45) is 17.6 Å². The Labute approximate surface area is 100 Å². The Kier molecular flexibility index (Phi) is 3.47. The number of hydrogen-bond acceptors (Lipinski definition) is 1. The highest BCUT2D eigenvalue weighted by Crippen LogP contribution is 2.34. The van der Waals surface area contributed by atoms with Crippen molar-refractivity contribution >= 4 is 15.9 Å². The highest BCUT2D eigenvalue weighted by Gasteiger charge is 2.30. The predicted molar refractivity (Wildman–Crippen MR) is 67.7 cm³/mol. The van der Waals surface area contributed by atoms with E-state index in [1.165, 1.54) is 22.9 Å². The monoisotopic (exact) mass is 267 g/mol. The van der Waals surface area contributed by atoms with Gasteiger partial charge in [0.2, 0.25) is 0 Å². The Bertz CT molecular complexity index is 337. The summed E-state index contributed by atoms with van der Waals surface area (Å²) in [5.41, 5.74) is 7.47. The molecule has 15 heavy (non-hydrogen) atoms. The summed E-state index contributed by atoms with van der Waals surface area (Å²) < 4.78 is 1.23. The Morgan fingerprint density at radius 3 is 2.67 bits per heavy atom. The van der Waals surface area contributed by atoms with Crippen LogP contribution in [0.25, 0.3) is 0 Å².